The molecule has 0 saturated carbocycles. The number of benzene rings is 2. The molecule has 0 fully saturated rings. The van der Waals surface area contributed by atoms with E-state index in [4.69, 9.17) is 11.6 Å². The Labute approximate surface area is 152 Å². The van der Waals surface area contributed by atoms with E-state index >= 15 is 0 Å². The number of hydrogen-bond donors (Lipinski definition) is 2. The number of carbonyl (C=O) groups excluding carboxylic acids is 2. The molecule has 0 unspecified atom stereocenters. The first-order valence-corrected chi connectivity index (χ1v) is 8.61. The van der Waals surface area contributed by atoms with Gasteiger partial charge < -0.3 is 10.6 Å². The van der Waals surface area contributed by atoms with Crippen molar-refractivity contribution in [2.24, 2.45) is 0 Å². The van der Waals surface area contributed by atoms with Crippen LogP contribution in [0.25, 0.3) is 10.1 Å². The second-order valence-corrected chi connectivity index (χ2v) is 6.99. The van der Waals surface area contributed by atoms with E-state index in [1.807, 2.05) is 0 Å². The van der Waals surface area contributed by atoms with Crippen LogP contribution in [0.15, 0.2) is 36.4 Å². The molecule has 0 aliphatic heterocycles. The van der Waals surface area contributed by atoms with Crippen molar-refractivity contribution in [2.45, 2.75) is 13.8 Å². The van der Waals surface area contributed by atoms with E-state index in [0.29, 0.717) is 21.3 Å². The molecule has 1 aromatic heterocycles. The lowest BCUT2D eigenvalue weighted by atomic mass is 10.1. The van der Waals surface area contributed by atoms with Gasteiger partial charge in [-0.15, -0.1) is 11.3 Å². The fourth-order valence-corrected chi connectivity index (χ4v) is 3.74. The molecule has 128 valence electrons. The third-order valence-corrected chi connectivity index (χ3v) is 5.24. The molecular formula is C18H14ClFN2O2S. The molecule has 0 aliphatic carbocycles. The smallest absolute Gasteiger partial charge is 0.266 e. The van der Waals surface area contributed by atoms with Crippen molar-refractivity contribution in [3.05, 3.63) is 57.7 Å². The van der Waals surface area contributed by atoms with Gasteiger partial charge in [-0.25, -0.2) is 4.39 Å². The number of aryl methyl sites for hydroxylation is 1. The number of anilines is 2. The van der Waals surface area contributed by atoms with Crippen LogP contribution in [0.2, 0.25) is 5.02 Å². The monoisotopic (exact) mass is 376 g/mol. The van der Waals surface area contributed by atoms with Crippen molar-refractivity contribution in [1.82, 2.24) is 0 Å². The second-order valence-electron chi connectivity index (χ2n) is 5.53. The van der Waals surface area contributed by atoms with Crippen LogP contribution < -0.4 is 10.6 Å². The van der Waals surface area contributed by atoms with Crippen molar-refractivity contribution in [2.75, 3.05) is 10.6 Å². The van der Waals surface area contributed by atoms with E-state index in [9.17, 15) is 14.0 Å². The van der Waals surface area contributed by atoms with Crippen LogP contribution >= 0.6 is 22.9 Å². The summed E-state index contributed by atoms with van der Waals surface area (Å²) in [4.78, 5) is 24.3. The summed E-state index contributed by atoms with van der Waals surface area (Å²) < 4.78 is 14.3. The summed E-state index contributed by atoms with van der Waals surface area (Å²) in [6, 6.07) is 9.29. The van der Waals surface area contributed by atoms with Gasteiger partial charge in [-0.05, 0) is 54.3 Å². The second kappa shape index (κ2) is 6.82. The van der Waals surface area contributed by atoms with Crippen molar-refractivity contribution in [3.63, 3.8) is 0 Å². The highest BCUT2D eigenvalue weighted by molar-refractivity contribution is 7.21. The highest BCUT2D eigenvalue weighted by Crippen LogP contribution is 2.32. The van der Waals surface area contributed by atoms with E-state index < -0.39 is 0 Å². The average Bonchev–Trinajstić information content (AvgIpc) is 2.87. The first-order valence-electron chi connectivity index (χ1n) is 7.42. The predicted octanol–water partition coefficient (Wildman–Crippen LogP) is 5.21. The quantitative estimate of drug-likeness (QED) is 0.659. The Bertz CT molecular complexity index is 1000. The summed E-state index contributed by atoms with van der Waals surface area (Å²) in [5, 5.41) is 6.49. The molecule has 7 heteroatoms. The fourth-order valence-electron chi connectivity index (χ4n) is 2.49. The van der Waals surface area contributed by atoms with Crippen molar-refractivity contribution < 1.29 is 14.0 Å². The number of halogens is 2. The minimum absolute atomic E-state index is 0.257. The van der Waals surface area contributed by atoms with Gasteiger partial charge in [-0.1, -0.05) is 11.6 Å². The summed E-state index contributed by atoms with van der Waals surface area (Å²) >= 11 is 7.33. The summed E-state index contributed by atoms with van der Waals surface area (Å²) in [6.45, 7) is 3.17. The molecule has 2 amide bonds. The number of carbonyl (C=O) groups is 2. The molecule has 0 atom stereocenters. The van der Waals surface area contributed by atoms with Crippen LogP contribution in [0.4, 0.5) is 15.8 Å². The topological polar surface area (TPSA) is 58.2 Å². The molecule has 0 radical (unpaired) electrons. The first kappa shape index (κ1) is 17.4. The predicted molar refractivity (Wildman–Crippen MR) is 100 cm³/mol. The summed E-state index contributed by atoms with van der Waals surface area (Å²) in [7, 11) is 0. The maximum atomic E-state index is 13.4. The Morgan fingerprint density at radius 3 is 2.60 bits per heavy atom. The first-order chi connectivity index (χ1) is 11.8. The lowest BCUT2D eigenvalue weighted by Gasteiger charge is -2.09. The van der Waals surface area contributed by atoms with Crippen molar-refractivity contribution >= 4 is 56.2 Å². The molecule has 0 bridgehead atoms. The summed E-state index contributed by atoms with van der Waals surface area (Å²) in [5.41, 5.74) is 1.65. The van der Waals surface area contributed by atoms with Gasteiger partial charge in [0.05, 0.1) is 15.6 Å². The van der Waals surface area contributed by atoms with Gasteiger partial charge in [0.15, 0.2) is 0 Å². The minimum Gasteiger partial charge on any atom is -0.325 e. The third kappa shape index (κ3) is 3.65. The molecule has 0 spiro atoms. The molecule has 3 aromatic rings. The molecule has 3 rings (SSSR count). The zero-order valence-corrected chi connectivity index (χ0v) is 15.0. The lowest BCUT2D eigenvalue weighted by Crippen LogP contribution is -2.12. The minimum atomic E-state index is -0.335. The van der Waals surface area contributed by atoms with E-state index in [2.05, 4.69) is 10.6 Å². The zero-order valence-electron chi connectivity index (χ0n) is 13.4. The molecule has 2 aromatic carbocycles. The highest BCUT2D eigenvalue weighted by Gasteiger charge is 2.16. The molecule has 0 saturated heterocycles. The summed E-state index contributed by atoms with van der Waals surface area (Å²) in [5.74, 6) is -0.888. The average molecular weight is 377 g/mol. The van der Waals surface area contributed by atoms with Crippen molar-refractivity contribution in [3.8, 4) is 0 Å². The van der Waals surface area contributed by atoms with Crippen molar-refractivity contribution in [1.29, 1.82) is 0 Å². The number of hydrogen-bond acceptors (Lipinski definition) is 3. The molecule has 1 heterocycles. The fraction of sp³-hybridized carbons (Fsp3) is 0.111. The number of amides is 2. The normalized spacial score (nSPS) is 10.7. The number of nitrogens with one attached hydrogen (secondary N) is 2. The van der Waals surface area contributed by atoms with E-state index in [-0.39, 0.29) is 17.6 Å². The van der Waals surface area contributed by atoms with E-state index in [0.717, 1.165) is 15.6 Å². The molecule has 4 nitrogen and oxygen atoms in total. The maximum absolute atomic E-state index is 13.4. The van der Waals surface area contributed by atoms with Gasteiger partial charge in [-0.3, -0.25) is 9.59 Å². The van der Waals surface area contributed by atoms with Gasteiger partial charge in [0.25, 0.3) is 5.91 Å². The van der Waals surface area contributed by atoms with Crippen LogP contribution in [0.5, 0.6) is 0 Å². The molecular weight excluding hydrogens is 363 g/mol. The lowest BCUT2D eigenvalue weighted by molar-refractivity contribution is -0.114. The Hall–Kier alpha value is -2.44. The van der Waals surface area contributed by atoms with Crippen LogP contribution in [0, 0.1) is 12.7 Å². The van der Waals surface area contributed by atoms with Gasteiger partial charge >= 0.3 is 0 Å². The maximum Gasteiger partial charge on any atom is 0.266 e. The number of thiophene rings is 1. The Balaban J connectivity index is 1.90. The number of rotatable bonds is 3. The van der Waals surface area contributed by atoms with Crippen LogP contribution in [0.3, 0.4) is 0 Å². The van der Waals surface area contributed by atoms with Crippen LogP contribution in [-0.2, 0) is 4.79 Å². The van der Waals surface area contributed by atoms with E-state index in [1.54, 1.807) is 31.2 Å². The SMILES string of the molecule is CC(=O)Nc1cc(NC(=O)c2sc3ccc(F)cc3c2C)ccc1Cl. The standard InChI is InChI=1S/C18H14ClFN2O2S/c1-9-13-7-11(20)3-6-16(13)25-17(9)18(24)22-12-4-5-14(19)15(8-12)21-10(2)23/h3-8H,1-2H3,(H,21,23)(H,22,24). The number of fused-ring (bicyclic) bond motifs is 1. The largest absolute Gasteiger partial charge is 0.325 e. The van der Waals surface area contributed by atoms with Gasteiger partial charge in [-0.2, -0.15) is 0 Å². The van der Waals surface area contributed by atoms with Gasteiger partial charge in [0.2, 0.25) is 5.91 Å². The molecule has 2 N–H and O–H groups in total. The third-order valence-electron chi connectivity index (χ3n) is 3.64. The Morgan fingerprint density at radius 2 is 1.88 bits per heavy atom. The highest BCUT2D eigenvalue weighted by atomic mass is 35.5. The van der Waals surface area contributed by atoms with Gasteiger partial charge in [0.1, 0.15) is 5.82 Å². The Morgan fingerprint density at radius 1 is 1.12 bits per heavy atom. The Kier molecular flexibility index (Phi) is 4.74. The van der Waals surface area contributed by atoms with Crippen LogP contribution in [-0.4, -0.2) is 11.8 Å². The van der Waals surface area contributed by atoms with E-state index in [1.165, 1.54) is 30.4 Å². The molecule has 0 aliphatic rings. The van der Waals surface area contributed by atoms with Crippen LogP contribution in [0.1, 0.15) is 22.2 Å². The molecule has 25 heavy (non-hydrogen) atoms. The van der Waals surface area contributed by atoms with Gasteiger partial charge in [0, 0.05) is 17.3 Å². The zero-order chi connectivity index (χ0) is 18.1. The summed E-state index contributed by atoms with van der Waals surface area (Å²) in [6.07, 6.45) is 0.